The van der Waals surface area contributed by atoms with Gasteiger partial charge in [-0.3, -0.25) is 9.69 Å². The molecule has 0 bridgehead atoms. The highest BCUT2D eigenvalue weighted by atomic mass is 35.5. The molecule has 1 unspecified atom stereocenters. The Morgan fingerprint density at radius 1 is 1.04 bits per heavy atom. The number of carbonyl (C=O) groups is 2. The van der Waals surface area contributed by atoms with Crippen molar-refractivity contribution in [1.82, 2.24) is 9.80 Å². The Balaban J connectivity index is 1.72. The third-order valence-electron chi connectivity index (χ3n) is 4.74. The first kappa shape index (κ1) is 20.6. The summed E-state index contributed by atoms with van der Waals surface area (Å²) in [6.07, 6.45) is 0. The van der Waals surface area contributed by atoms with Gasteiger partial charge in [0.15, 0.2) is 0 Å². The number of esters is 1. The van der Waals surface area contributed by atoms with Crippen molar-refractivity contribution in [3.63, 3.8) is 0 Å². The maximum absolute atomic E-state index is 13.2. The number of rotatable bonds is 4. The number of hydrogen-bond donors (Lipinski definition) is 0. The predicted molar refractivity (Wildman–Crippen MR) is 105 cm³/mol. The summed E-state index contributed by atoms with van der Waals surface area (Å²) in [4.78, 5) is 28.7. The summed E-state index contributed by atoms with van der Waals surface area (Å²) in [5.41, 5.74) is 1.04. The zero-order valence-corrected chi connectivity index (χ0v) is 16.7. The lowest BCUT2D eigenvalue weighted by Crippen LogP contribution is -2.51. The van der Waals surface area contributed by atoms with Gasteiger partial charge in [0.05, 0.1) is 17.7 Å². The molecule has 0 spiro atoms. The quantitative estimate of drug-likeness (QED) is 0.700. The molecule has 2 aromatic rings. The van der Waals surface area contributed by atoms with Gasteiger partial charge < -0.3 is 9.64 Å². The molecule has 0 radical (unpaired) electrons. The molecular formula is C20H19Cl2FN2O3. The molecule has 1 saturated heterocycles. The van der Waals surface area contributed by atoms with Crippen LogP contribution >= 0.6 is 23.2 Å². The minimum atomic E-state index is -0.575. The van der Waals surface area contributed by atoms with Gasteiger partial charge in [0.25, 0.3) is 5.91 Å². The van der Waals surface area contributed by atoms with Crippen LogP contribution in [0.25, 0.3) is 0 Å². The fourth-order valence-electron chi connectivity index (χ4n) is 3.27. The van der Waals surface area contributed by atoms with Gasteiger partial charge in [0.1, 0.15) is 11.9 Å². The Morgan fingerprint density at radius 3 is 2.25 bits per heavy atom. The second-order valence-corrected chi connectivity index (χ2v) is 7.27. The van der Waals surface area contributed by atoms with Gasteiger partial charge in [0, 0.05) is 31.2 Å². The minimum Gasteiger partial charge on any atom is -0.468 e. The molecule has 2 aromatic carbocycles. The zero-order valence-electron chi connectivity index (χ0n) is 15.2. The van der Waals surface area contributed by atoms with Crippen molar-refractivity contribution in [3.05, 3.63) is 69.5 Å². The van der Waals surface area contributed by atoms with Crippen molar-refractivity contribution >= 4 is 35.1 Å². The van der Waals surface area contributed by atoms with Crippen LogP contribution in [0, 0.1) is 5.82 Å². The maximum Gasteiger partial charge on any atom is 0.327 e. The molecule has 0 N–H and O–H groups in total. The van der Waals surface area contributed by atoms with Crippen LogP contribution in [0.2, 0.25) is 10.0 Å². The molecule has 8 heteroatoms. The van der Waals surface area contributed by atoms with E-state index >= 15 is 0 Å². The number of piperazine rings is 1. The lowest BCUT2D eigenvalue weighted by Gasteiger charge is -2.38. The molecule has 0 saturated carbocycles. The van der Waals surface area contributed by atoms with Crippen LogP contribution in [0.5, 0.6) is 0 Å². The first-order chi connectivity index (χ1) is 13.4. The topological polar surface area (TPSA) is 49.9 Å². The van der Waals surface area contributed by atoms with E-state index in [1.165, 1.54) is 19.2 Å². The Hall–Kier alpha value is -2.15. The van der Waals surface area contributed by atoms with E-state index in [2.05, 4.69) is 0 Å². The number of ether oxygens (including phenoxy) is 1. The first-order valence-electron chi connectivity index (χ1n) is 8.72. The van der Waals surface area contributed by atoms with E-state index in [4.69, 9.17) is 27.9 Å². The zero-order chi connectivity index (χ0) is 20.3. The van der Waals surface area contributed by atoms with Crippen molar-refractivity contribution < 1.29 is 18.7 Å². The van der Waals surface area contributed by atoms with E-state index in [0.29, 0.717) is 31.2 Å². The fraction of sp³-hybridized carbons (Fsp3) is 0.300. The third kappa shape index (κ3) is 4.46. The van der Waals surface area contributed by atoms with Gasteiger partial charge in [-0.2, -0.15) is 0 Å². The normalized spacial score (nSPS) is 15.9. The van der Waals surface area contributed by atoms with Crippen LogP contribution in [0.1, 0.15) is 22.0 Å². The Bertz CT molecular complexity index is 868. The van der Waals surface area contributed by atoms with Gasteiger partial charge in [0.2, 0.25) is 0 Å². The summed E-state index contributed by atoms with van der Waals surface area (Å²) in [5.74, 6) is -1.12. The molecule has 1 amide bonds. The van der Waals surface area contributed by atoms with E-state index in [-0.39, 0.29) is 22.5 Å². The highest BCUT2D eigenvalue weighted by molar-refractivity contribution is 6.33. The number of halogens is 3. The van der Waals surface area contributed by atoms with Gasteiger partial charge in [-0.15, -0.1) is 0 Å². The van der Waals surface area contributed by atoms with Crippen molar-refractivity contribution in [2.75, 3.05) is 33.3 Å². The fourth-order valence-corrected chi connectivity index (χ4v) is 3.64. The standard InChI is InChI=1S/C20H19Cl2FN2O3/c1-28-20(27)18(13-2-4-14(21)5-3-13)24-8-10-25(11-9-24)19(26)16-7-6-15(23)12-17(16)22/h2-7,12,18H,8-11H2,1H3. The molecule has 28 heavy (non-hydrogen) atoms. The first-order valence-corrected chi connectivity index (χ1v) is 9.48. The summed E-state index contributed by atoms with van der Waals surface area (Å²) < 4.78 is 18.2. The van der Waals surface area contributed by atoms with E-state index in [1.54, 1.807) is 29.2 Å². The van der Waals surface area contributed by atoms with Crippen molar-refractivity contribution in [3.8, 4) is 0 Å². The number of methoxy groups -OCH3 is 1. The van der Waals surface area contributed by atoms with Gasteiger partial charge >= 0.3 is 5.97 Å². The maximum atomic E-state index is 13.2. The summed E-state index contributed by atoms with van der Waals surface area (Å²) in [7, 11) is 1.35. The highest BCUT2D eigenvalue weighted by Crippen LogP contribution is 2.26. The minimum absolute atomic E-state index is 0.0843. The molecule has 1 atom stereocenters. The van der Waals surface area contributed by atoms with Crippen LogP contribution < -0.4 is 0 Å². The molecule has 1 heterocycles. The van der Waals surface area contributed by atoms with E-state index in [0.717, 1.165) is 11.6 Å². The molecular weight excluding hydrogens is 406 g/mol. The second-order valence-electron chi connectivity index (χ2n) is 6.43. The molecule has 1 aliphatic rings. The monoisotopic (exact) mass is 424 g/mol. The predicted octanol–water partition coefficient (Wildman–Crippen LogP) is 3.80. The van der Waals surface area contributed by atoms with E-state index < -0.39 is 11.9 Å². The molecule has 0 aliphatic carbocycles. The smallest absolute Gasteiger partial charge is 0.327 e. The Labute approximate surface area is 172 Å². The molecule has 1 aliphatic heterocycles. The Kier molecular flexibility index (Phi) is 6.54. The lowest BCUT2D eigenvalue weighted by atomic mass is 10.0. The van der Waals surface area contributed by atoms with Crippen molar-refractivity contribution in [1.29, 1.82) is 0 Å². The van der Waals surface area contributed by atoms with Crippen LogP contribution in [0.4, 0.5) is 4.39 Å². The molecule has 1 fully saturated rings. The largest absolute Gasteiger partial charge is 0.468 e. The van der Waals surface area contributed by atoms with Gasteiger partial charge in [-0.25, -0.2) is 9.18 Å². The van der Waals surface area contributed by atoms with Crippen LogP contribution in [-0.2, 0) is 9.53 Å². The molecule has 148 valence electrons. The van der Waals surface area contributed by atoms with Crippen LogP contribution in [0.3, 0.4) is 0 Å². The van der Waals surface area contributed by atoms with E-state index in [1.807, 2.05) is 4.90 Å². The molecule has 0 aromatic heterocycles. The summed E-state index contributed by atoms with van der Waals surface area (Å²) in [5, 5.41) is 0.667. The number of hydrogen-bond acceptors (Lipinski definition) is 4. The summed E-state index contributed by atoms with van der Waals surface area (Å²) >= 11 is 11.9. The molecule has 3 rings (SSSR count). The second kappa shape index (κ2) is 8.90. The van der Waals surface area contributed by atoms with E-state index in [9.17, 15) is 14.0 Å². The summed E-state index contributed by atoms with van der Waals surface area (Å²) in [6, 6.07) is 10.2. The number of benzene rings is 2. The lowest BCUT2D eigenvalue weighted by molar-refractivity contribution is -0.148. The van der Waals surface area contributed by atoms with Crippen molar-refractivity contribution in [2.24, 2.45) is 0 Å². The highest BCUT2D eigenvalue weighted by Gasteiger charge is 2.32. The van der Waals surface area contributed by atoms with Gasteiger partial charge in [-0.05, 0) is 35.9 Å². The number of carbonyl (C=O) groups excluding carboxylic acids is 2. The molecule has 5 nitrogen and oxygen atoms in total. The Morgan fingerprint density at radius 2 is 1.68 bits per heavy atom. The number of nitrogens with zero attached hydrogens (tertiary/aromatic N) is 2. The van der Waals surface area contributed by atoms with Crippen LogP contribution in [0.15, 0.2) is 42.5 Å². The summed E-state index contributed by atoms with van der Waals surface area (Å²) in [6.45, 7) is 1.78. The van der Waals surface area contributed by atoms with Crippen LogP contribution in [-0.4, -0.2) is 55.0 Å². The van der Waals surface area contributed by atoms with Crippen molar-refractivity contribution in [2.45, 2.75) is 6.04 Å². The number of amides is 1. The third-order valence-corrected chi connectivity index (χ3v) is 5.30. The van der Waals surface area contributed by atoms with Gasteiger partial charge in [-0.1, -0.05) is 35.3 Å². The average molecular weight is 425 g/mol. The SMILES string of the molecule is COC(=O)C(c1ccc(Cl)cc1)N1CCN(C(=O)c2ccc(F)cc2Cl)CC1. The average Bonchev–Trinajstić information content (AvgIpc) is 2.69.